The summed E-state index contributed by atoms with van der Waals surface area (Å²) >= 11 is 0. The van der Waals surface area contributed by atoms with Gasteiger partial charge in [0.1, 0.15) is 0 Å². The van der Waals surface area contributed by atoms with Crippen LogP contribution in [0.4, 0.5) is 5.69 Å². The summed E-state index contributed by atoms with van der Waals surface area (Å²) in [7, 11) is 0. The third kappa shape index (κ3) is 1.79. The Balaban J connectivity index is 2.38. The number of carbonyl (C=O) groups is 1. The van der Waals surface area contributed by atoms with Crippen LogP contribution in [0.1, 0.15) is 30.3 Å². The lowest BCUT2D eigenvalue weighted by Gasteiger charge is -2.24. The Labute approximate surface area is 88.6 Å². The van der Waals surface area contributed by atoms with E-state index in [1.807, 2.05) is 6.07 Å². The van der Waals surface area contributed by atoms with Gasteiger partial charge in [0.2, 0.25) is 0 Å². The highest BCUT2D eigenvalue weighted by Crippen LogP contribution is 2.27. The molecule has 4 nitrogen and oxygen atoms in total. The van der Waals surface area contributed by atoms with E-state index in [1.54, 1.807) is 6.07 Å². The molecule has 80 valence electrons. The maximum atomic E-state index is 11.0. The van der Waals surface area contributed by atoms with Crippen LogP contribution in [0.25, 0.3) is 0 Å². The molecule has 0 saturated carbocycles. The van der Waals surface area contributed by atoms with Crippen molar-refractivity contribution in [2.45, 2.75) is 25.8 Å². The van der Waals surface area contributed by atoms with Gasteiger partial charge in [-0.3, -0.25) is 0 Å². The molecule has 1 aromatic rings. The zero-order valence-electron chi connectivity index (χ0n) is 8.68. The fourth-order valence-electron chi connectivity index (χ4n) is 2.08. The van der Waals surface area contributed by atoms with Crippen LogP contribution >= 0.6 is 0 Å². The first-order valence-corrected chi connectivity index (χ1v) is 5.15. The second-order valence-corrected chi connectivity index (χ2v) is 3.86. The summed E-state index contributed by atoms with van der Waals surface area (Å²) in [5.41, 5.74) is 0.904. The van der Waals surface area contributed by atoms with Gasteiger partial charge in [-0.05, 0) is 31.9 Å². The van der Waals surface area contributed by atoms with Crippen LogP contribution in [-0.4, -0.2) is 28.6 Å². The van der Waals surface area contributed by atoms with E-state index >= 15 is 0 Å². The van der Waals surface area contributed by atoms with Crippen LogP contribution in [0.5, 0.6) is 0 Å². The zero-order valence-corrected chi connectivity index (χ0v) is 8.68. The Morgan fingerprint density at radius 1 is 1.67 bits per heavy atom. The predicted molar refractivity (Wildman–Crippen MR) is 57.2 cm³/mol. The maximum absolute atomic E-state index is 11.0. The second kappa shape index (κ2) is 3.88. The van der Waals surface area contributed by atoms with Crippen molar-refractivity contribution in [2.24, 2.45) is 0 Å². The van der Waals surface area contributed by atoms with Gasteiger partial charge >= 0.3 is 5.97 Å². The molecule has 2 rings (SSSR count). The minimum Gasteiger partial charge on any atom is -0.476 e. The Hall–Kier alpha value is -1.58. The van der Waals surface area contributed by atoms with E-state index in [4.69, 9.17) is 5.11 Å². The van der Waals surface area contributed by atoms with Crippen molar-refractivity contribution in [1.82, 2.24) is 4.98 Å². The van der Waals surface area contributed by atoms with Gasteiger partial charge in [0, 0.05) is 18.8 Å². The number of aromatic nitrogens is 1. The number of nitrogens with zero attached hydrogens (tertiary/aromatic N) is 2. The molecular formula is C11H14N2O2. The maximum Gasteiger partial charge on any atom is 0.356 e. The Bertz CT molecular complexity index is 379. The number of aromatic carboxylic acids is 1. The molecule has 1 aliphatic heterocycles. The number of hydrogen-bond donors (Lipinski definition) is 1. The molecule has 0 radical (unpaired) electrons. The molecule has 1 unspecified atom stereocenters. The summed E-state index contributed by atoms with van der Waals surface area (Å²) in [5.74, 6) is -0.954. The molecule has 1 N–H and O–H groups in total. The lowest BCUT2D eigenvalue weighted by molar-refractivity contribution is 0.0691. The molecule has 2 heterocycles. The third-order valence-electron chi connectivity index (χ3n) is 2.85. The van der Waals surface area contributed by atoms with E-state index in [0.29, 0.717) is 6.04 Å². The first-order valence-electron chi connectivity index (χ1n) is 5.15. The van der Waals surface area contributed by atoms with Gasteiger partial charge in [-0.2, -0.15) is 0 Å². The lowest BCUT2D eigenvalue weighted by atomic mass is 10.2. The number of anilines is 1. The fourth-order valence-corrected chi connectivity index (χ4v) is 2.08. The van der Waals surface area contributed by atoms with E-state index in [1.165, 1.54) is 6.20 Å². The van der Waals surface area contributed by atoms with Crippen molar-refractivity contribution in [3.63, 3.8) is 0 Å². The van der Waals surface area contributed by atoms with Crippen molar-refractivity contribution < 1.29 is 9.90 Å². The van der Waals surface area contributed by atoms with Crippen molar-refractivity contribution in [3.8, 4) is 0 Å². The summed E-state index contributed by atoms with van der Waals surface area (Å²) in [5, 5.41) is 9.02. The highest BCUT2D eigenvalue weighted by Gasteiger charge is 2.24. The number of rotatable bonds is 2. The second-order valence-electron chi connectivity index (χ2n) is 3.86. The van der Waals surface area contributed by atoms with E-state index in [0.717, 1.165) is 25.1 Å². The molecule has 0 aliphatic carbocycles. The highest BCUT2D eigenvalue weighted by atomic mass is 16.4. The Morgan fingerprint density at radius 2 is 2.47 bits per heavy atom. The van der Waals surface area contributed by atoms with Gasteiger partial charge in [0.25, 0.3) is 0 Å². The van der Waals surface area contributed by atoms with Crippen LogP contribution in [-0.2, 0) is 0 Å². The number of carboxylic acids is 1. The molecule has 0 spiro atoms. The van der Waals surface area contributed by atoms with E-state index in [9.17, 15) is 4.79 Å². The van der Waals surface area contributed by atoms with Crippen LogP contribution in [0.2, 0.25) is 0 Å². The number of pyridine rings is 1. The molecular weight excluding hydrogens is 192 g/mol. The van der Waals surface area contributed by atoms with Gasteiger partial charge in [0.05, 0.1) is 5.69 Å². The summed E-state index contributed by atoms with van der Waals surface area (Å²) in [6.07, 6.45) is 3.76. The van der Waals surface area contributed by atoms with Crippen LogP contribution in [0.3, 0.4) is 0 Å². The molecule has 1 saturated heterocycles. The molecule has 1 aromatic heterocycles. The minimum atomic E-state index is -0.954. The van der Waals surface area contributed by atoms with Gasteiger partial charge in [-0.1, -0.05) is 0 Å². The van der Waals surface area contributed by atoms with Crippen molar-refractivity contribution in [3.05, 3.63) is 24.0 Å². The van der Waals surface area contributed by atoms with Crippen molar-refractivity contribution in [1.29, 1.82) is 0 Å². The fraction of sp³-hybridized carbons (Fsp3) is 0.455. The molecule has 1 atom stereocenters. The standard InChI is InChI=1S/C11H14N2O2/c1-8-4-3-7-13(8)9-5-2-6-12-10(9)11(14)15/h2,5-6,8H,3-4,7H2,1H3,(H,14,15). The van der Waals surface area contributed by atoms with Crippen LogP contribution in [0, 0.1) is 0 Å². The smallest absolute Gasteiger partial charge is 0.356 e. The first kappa shape index (κ1) is 9.96. The van der Waals surface area contributed by atoms with E-state index < -0.39 is 5.97 Å². The predicted octanol–water partition coefficient (Wildman–Crippen LogP) is 1.77. The minimum absolute atomic E-state index is 0.159. The van der Waals surface area contributed by atoms with Gasteiger partial charge in [-0.15, -0.1) is 0 Å². The molecule has 1 aliphatic rings. The number of carboxylic acid groups (broad SMARTS) is 1. The molecule has 0 aromatic carbocycles. The average molecular weight is 206 g/mol. The highest BCUT2D eigenvalue weighted by molar-refractivity contribution is 5.92. The quantitative estimate of drug-likeness (QED) is 0.801. The van der Waals surface area contributed by atoms with E-state index in [2.05, 4.69) is 16.8 Å². The first-order chi connectivity index (χ1) is 7.20. The van der Waals surface area contributed by atoms with Crippen molar-refractivity contribution in [2.75, 3.05) is 11.4 Å². The Kier molecular flexibility index (Phi) is 2.58. The van der Waals surface area contributed by atoms with Crippen molar-refractivity contribution >= 4 is 11.7 Å². The zero-order chi connectivity index (χ0) is 10.8. The topological polar surface area (TPSA) is 53.4 Å². The molecule has 15 heavy (non-hydrogen) atoms. The van der Waals surface area contributed by atoms with Gasteiger partial charge < -0.3 is 10.0 Å². The van der Waals surface area contributed by atoms with E-state index in [-0.39, 0.29) is 5.69 Å². The number of hydrogen-bond acceptors (Lipinski definition) is 3. The molecule has 1 fully saturated rings. The largest absolute Gasteiger partial charge is 0.476 e. The van der Waals surface area contributed by atoms with Gasteiger partial charge in [0.15, 0.2) is 5.69 Å². The average Bonchev–Trinajstić information content (AvgIpc) is 2.64. The molecule has 0 bridgehead atoms. The van der Waals surface area contributed by atoms with Crippen LogP contribution < -0.4 is 4.90 Å². The monoisotopic (exact) mass is 206 g/mol. The summed E-state index contributed by atoms with van der Waals surface area (Å²) in [4.78, 5) is 17.0. The molecule has 4 heteroatoms. The Morgan fingerprint density at radius 3 is 3.07 bits per heavy atom. The SMILES string of the molecule is CC1CCCN1c1cccnc1C(=O)O. The normalized spacial score (nSPS) is 20.6. The molecule has 0 amide bonds. The van der Waals surface area contributed by atoms with Crippen LogP contribution in [0.15, 0.2) is 18.3 Å². The summed E-state index contributed by atoms with van der Waals surface area (Å²) in [6.45, 7) is 3.04. The summed E-state index contributed by atoms with van der Waals surface area (Å²) < 4.78 is 0. The third-order valence-corrected chi connectivity index (χ3v) is 2.85. The summed E-state index contributed by atoms with van der Waals surface area (Å²) in [6, 6.07) is 4.03. The van der Waals surface area contributed by atoms with Gasteiger partial charge in [-0.25, -0.2) is 9.78 Å². The lowest BCUT2D eigenvalue weighted by Crippen LogP contribution is -2.28.